The molecule has 232 valence electrons. The summed E-state index contributed by atoms with van der Waals surface area (Å²) in [6.45, 7) is 7.08. The highest BCUT2D eigenvalue weighted by Crippen LogP contribution is 2.34. The molecule has 0 radical (unpaired) electrons. The van der Waals surface area contributed by atoms with Crippen molar-refractivity contribution in [2.24, 2.45) is 0 Å². The number of benzene rings is 2. The van der Waals surface area contributed by atoms with Crippen LogP contribution in [0, 0.1) is 12.7 Å². The fourth-order valence-corrected chi connectivity index (χ4v) is 5.60. The standard InChI is InChI=1S/C30H35F4N5O4/c1-19-25(36-15-13-35-14-16-36)26(40)38(18-24(20-9-6-5-7-10-20)39(28(42)43)29(2,3)4)27(41)37(19)17-21-22(30(32,33)34)11-8-12-23(21)31/h5-12,24,35H,13-18H2,1-4H3,(H,42,43)/t24-/m0/s1. The highest BCUT2D eigenvalue weighted by molar-refractivity contribution is 5.67. The third kappa shape index (κ3) is 6.61. The number of hydrogen-bond donors (Lipinski definition) is 2. The number of alkyl halides is 3. The normalized spacial score (nSPS) is 14.9. The third-order valence-electron chi connectivity index (χ3n) is 7.61. The minimum Gasteiger partial charge on any atom is -0.465 e. The van der Waals surface area contributed by atoms with E-state index in [0.717, 1.165) is 32.2 Å². The summed E-state index contributed by atoms with van der Waals surface area (Å²) in [5, 5.41) is 13.4. The van der Waals surface area contributed by atoms with Crippen molar-refractivity contribution < 1.29 is 27.5 Å². The second-order valence-corrected chi connectivity index (χ2v) is 11.5. The first-order valence-corrected chi connectivity index (χ1v) is 13.8. The average Bonchev–Trinajstić information content (AvgIpc) is 2.93. The lowest BCUT2D eigenvalue weighted by Gasteiger charge is -2.40. The summed E-state index contributed by atoms with van der Waals surface area (Å²) < 4.78 is 58.5. The minimum atomic E-state index is -4.89. The van der Waals surface area contributed by atoms with Gasteiger partial charge in [0.2, 0.25) is 0 Å². The summed E-state index contributed by atoms with van der Waals surface area (Å²) in [5.74, 6) is -1.14. The van der Waals surface area contributed by atoms with Gasteiger partial charge in [0.25, 0.3) is 5.56 Å². The third-order valence-corrected chi connectivity index (χ3v) is 7.61. The van der Waals surface area contributed by atoms with Gasteiger partial charge < -0.3 is 15.3 Å². The smallest absolute Gasteiger partial charge is 0.416 e. The van der Waals surface area contributed by atoms with E-state index in [1.165, 1.54) is 6.92 Å². The molecule has 3 aromatic rings. The van der Waals surface area contributed by atoms with Crippen molar-refractivity contribution in [1.82, 2.24) is 19.4 Å². The lowest BCUT2D eigenvalue weighted by molar-refractivity contribution is -0.138. The number of piperazine rings is 1. The molecule has 4 rings (SSSR count). The zero-order valence-corrected chi connectivity index (χ0v) is 24.4. The molecule has 1 atom stereocenters. The van der Waals surface area contributed by atoms with Crippen molar-refractivity contribution in [3.8, 4) is 0 Å². The number of rotatable bonds is 7. The Morgan fingerprint density at radius 2 is 1.63 bits per heavy atom. The fourth-order valence-electron chi connectivity index (χ4n) is 5.60. The molecule has 2 aromatic carbocycles. The molecule has 9 nitrogen and oxygen atoms in total. The number of carboxylic acid groups (broad SMARTS) is 1. The Morgan fingerprint density at radius 3 is 2.19 bits per heavy atom. The second kappa shape index (κ2) is 12.2. The predicted molar refractivity (Wildman–Crippen MR) is 154 cm³/mol. The van der Waals surface area contributed by atoms with Gasteiger partial charge in [-0.1, -0.05) is 36.4 Å². The molecule has 0 spiro atoms. The maximum Gasteiger partial charge on any atom is 0.416 e. The van der Waals surface area contributed by atoms with E-state index in [9.17, 15) is 37.1 Å². The summed E-state index contributed by atoms with van der Waals surface area (Å²) in [6, 6.07) is 10.0. The number of nitrogens with zero attached hydrogens (tertiary/aromatic N) is 4. The molecule has 1 amide bonds. The molecule has 43 heavy (non-hydrogen) atoms. The molecule has 1 aromatic heterocycles. The SMILES string of the molecule is Cc1c(N2CCNCC2)c(=O)n(C[C@@H](c2ccccc2)N(C(=O)O)C(C)(C)C)c(=O)n1Cc1c(F)cccc1C(F)(F)F. The Balaban J connectivity index is 1.99. The first-order chi connectivity index (χ1) is 20.1. The summed E-state index contributed by atoms with van der Waals surface area (Å²) >= 11 is 0. The highest BCUT2D eigenvalue weighted by atomic mass is 19.4. The number of carbonyl (C=O) groups is 1. The fraction of sp³-hybridized carbons (Fsp3) is 0.433. The van der Waals surface area contributed by atoms with Crippen LogP contribution in [0.15, 0.2) is 58.1 Å². The van der Waals surface area contributed by atoms with Gasteiger partial charge in [0.05, 0.1) is 24.7 Å². The van der Waals surface area contributed by atoms with Crippen molar-refractivity contribution >= 4 is 11.8 Å². The van der Waals surface area contributed by atoms with Gasteiger partial charge in [-0.15, -0.1) is 0 Å². The molecule has 0 saturated carbocycles. The Kier molecular flexibility index (Phi) is 9.05. The Morgan fingerprint density at radius 1 is 1.00 bits per heavy atom. The molecule has 1 aliphatic heterocycles. The van der Waals surface area contributed by atoms with Crippen LogP contribution in [0.25, 0.3) is 0 Å². The van der Waals surface area contributed by atoms with Crippen molar-refractivity contribution in [2.75, 3.05) is 31.1 Å². The minimum absolute atomic E-state index is 0.0895. The summed E-state index contributed by atoms with van der Waals surface area (Å²) in [4.78, 5) is 43.6. The summed E-state index contributed by atoms with van der Waals surface area (Å²) in [7, 11) is 0. The molecular weight excluding hydrogens is 570 g/mol. The number of hydrogen-bond acceptors (Lipinski definition) is 5. The van der Waals surface area contributed by atoms with Crippen molar-refractivity contribution in [3.63, 3.8) is 0 Å². The number of anilines is 1. The van der Waals surface area contributed by atoms with E-state index in [4.69, 9.17) is 0 Å². The van der Waals surface area contributed by atoms with Crippen LogP contribution >= 0.6 is 0 Å². The number of halogens is 4. The Hall–Kier alpha value is -4.13. The average molecular weight is 606 g/mol. The number of aromatic nitrogens is 2. The molecule has 1 aliphatic rings. The second-order valence-electron chi connectivity index (χ2n) is 11.5. The van der Waals surface area contributed by atoms with Crippen LogP contribution in [0.5, 0.6) is 0 Å². The van der Waals surface area contributed by atoms with Gasteiger partial charge in [-0.05, 0) is 45.4 Å². The molecule has 1 saturated heterocycles. The number of nitrogens with one attached hydrogen (secondary N) is 1. The molecule has 0 aliphatic carbocycles. The van der Waals surface area contributed by atoms with Crippen LogP contribution in [0.1, 0.15) is 49.2 Å². The highest BCUT2D eigenvalue weighted by Gasteiger charge is 2.37. The van der Waals surface area contributed by atoms with Gasteiger partial charge >= 0.3 is 18.0 Å². The molecule has 0 bridgehead atoms. The van der Waals surface area contributed by atoms with Crippen LogP contribution in [0.4, 0.5) is 28.0 Å². The first kappa shape index (κ1) is 31.8. The van der Waals surface area contributed by atoms with E-state index in [2.05, 4.69) is 5.32 Å². The lowest BCUT2D eigenvalue weighted by Crippen LogP contribution is -2.53. The van der Waals surface area contributed by atoms with E-state index in [1.807, 2.05) is 0 Å². The maximum atomic E-state index is 14.9. The number of amides is 1. The molecule has 1 fully saturated rings. The van der Waals surface area contributed by atoms with E-state index in [-0.39, 0.29) is 11.4 Å². The lowest BCUT2D eigenvalue weighted by atomic mass is 9.98. The van der Waals surface area contributed by atoms with Crippen molar-refractivity contribution in [2.45, 2.75) is 58.5 Å². The zero-order valence-electron chi connectivity index (χ0n) is 24.4. The van der Waals surface area contributed by atoms with Gasteiger partial charge in [-0.25, -0.2) is 14.0 Å². The van der Waals surface area contributed by atoms with E-state index in [1.54, 1.807) is 56.0 Å². The quantitative estimate of drug-likeness (QED) is 0.386. The molecular formula is C30H35F4N5O4. The monoisotopic (exact) mass is 605 g/mol. The molecule has 2 N–H and O–H groups in total. The largest absolute Gasteiger partial charge is 0.465 e. The van der Waals surface area contributed by atoms with Gasteiger partial charge in [0.1, 0.15) is 11.5 Å². The Labute approximate surface area is 246 Å². The molecule has 0 unspecified atom stereocenters. The summed E-state index contributed by atoms with van der Waals surface area (Å²) in [6.07, 6.45) is -6.18. The van der Waals surface area contributed by atoms with Crippen LogP contribution in [-0.2, 0) is 19.3 Å². The van der Waals surface area contributed by atoms with Crippen molar-refractivity contribution in [3.05, 3.63) is 97.6 Å². The zero-order chi connectivity index (χ0) is 31.7. The van der Waals surface area contributed by atoms with Gasteiger partial charge in [0.15, 0.2) is 0 Å². The van der Waals surface area contributed by atoms with Crippen molar-refractivity contribution in [1.29, 1.82) is 0 Å². The van der Waals surface area contributed by atoms with Gasteiger partial charge in [-0.2, -0.15) is 13.2 Å². The topological polar surface area (TPSA) is 99.8 Å². The van der Waals surface area contributed by atoms with E-state index in [0.29, 0.717) is 31.7 Å². The van der Waals surface area contributed by atoms with Crippen LogP contribution in [0.3, 0.4) is 0 Å². The van der Waals surface area contributed by atoms with Gasteiger partial charge in [-0.3, -0.25) is 18.8 Å². The first-order valence-electron chi connectivity index (χ1n) is 13.8. The van der Waals surface area contributed by atoms with Gasteiger partial charge in [0, 0.05) is 43.0 Å². The van der Waals surface area contributed by atoms with Crippen LogP contribution < -0.4 is 21.5 Å². The summed E-state index contributed by atoms with van der Waals surface area (Å²) in [5.41, 5.74) is -3.92. The van der Waals surface area contributed by atoms with E-state index < -0.39 is 65.1 Å². The van der Waals surface area contributed by atoms with Crippen LogP contribution in [0.2, 0.25) is 0 Å². The van der Waals surface area contributed by atoms with Crippen LogP contribution in [-0.4, -0.2) is 57.0 Å². The molecule has 13 heteroatoms. The Bertz CT molecular complexity index is 1590. The molecule has 2 heterocycles. The van der Waals surface area contributed by atoms with E-state index >= 15 is 0 Å². The maximum absolute atomic E-state index is 14.9. The predicted octanol–water partition coefficient (Wildman–Crippen LogP) is 4.45.